The first-order valence-corrected chi connectivity index (χ1v) is 12.6. The quantitative estimate of drug-likeness (QED) is 0.280. The molecule has 0 unspecified atom stereocenters. The van der Waals surface area contributed by atoms with Crippen LogP contribution in [-0.4, -0.2) is 22.8 Å². The molecule has 4 nitrogen and oxygen atoms in total. The smallest absolute Gasteiger partial charge is 0.0760 e. The van der Waals surface area contributed by atoms with E-state index in [0.717, 1.165) is 93.5 Å². The summed E-state index contributed by atoms with van der Waals surface area (Å²) in [6, 6.07) is 26.1. The minimum Gasteiger partial charge on any atom is -0.251 e. The Morgan fingerprint density at radius 2 is 0.583 bits per heavy atom. The zero-order valence-corrected chi connectivity index (χ0v) is 19.5. The van der Waals surface area contributed by atoms with Gasteiger partial charge in [-0.2, -0.15) is 0 Å². The summed E-state index contributed by atoms with van der Waals surface area (Å²) in [6.07, 6.45) is 3.29. The van der Waals surface area contributed by atoms with Crippen LogP contribution in [0.4, 0.5) is 22.7 Å². The average molecular weight is 461 g/mol. The third kappa shape index (κ3) is 2.43. The lowest BCUT2D eigenvalue weighted by atomic mass is 9.95. The van der Waals surface area contributed by atoms with Crippen LogP contribution in [0.3, 0.4) is 0 Å². The highest BCUT2D eigenvalue weighted by Crippen LogP contribution is 2.44. The second-order valence-electron chi connectivity index (χ2n) is 10.2. The Hall–Kier alpha value is -4.44. The minimum atomic E-state index is 0.823. The number of hydrogen-bond acceptors (Lipinski definition) is 4. The van der Waals surface area contributed by atoms with E-state index in [4.69, 9.17) is 20.0 Å². The first-order valence-electron chi connectivity index (χ1n) is 12.6. The molecule has 0 saturated carbocycles. The lowest BCUT2D eigenvalue weighted by Gasteiger charge is -2.05. The van der Waals surface area contributed by atoms with Crippen molar-refractivity contribution in [3.63, 3.8) is 0 Å². The number of benzene rings is 4. The Morgan fingerprint density at radius 3 is 0.833 bits per heavy atom. The molecule has 0 aliphatic carbocycles. The molecule has 168 valence electrons. The normalized spacial score (nSPS) is 17.1. The molecule has 0 atom stereocenters. The highest BCUT2D eigenvalue weighted by atomic mass is 14.9. The van der Waals surface area contributed by atoms with Gasteiger partial charge in [0.1, 0.15) is 0 Å². The monoisotopic (exact) mass is 460 g/mol. The highest BCUT2D eigenvalue weighted by molar-refractivity contribution is 6.20. The fourth-order valence-corrected chi connectivity index (χ4v) is 6.44. The number of nitrogens with zero attached hydrogens (tertiary/aromatic N) is 4. The molecule has 4 aromatic rings. The van der Waals surface area contributed by atoms with Gasteiger partial charge in [0, 0.05) is 47.9 Å². The average Bonchev–Trinajstić information content (AvgIpc) is 3.69. The summed E-state index contributed by atoms with van der Waals surface area (Å²) in [5, 5.41) is 0. The largest absolute Gasteiger partial charge is 0.251 e. The SMILES string of the molecule is c1cc2c3c(c1)C1=Nc4c(cccc4C4=Nc5c(cccc5C5=Nc6c(cccc6C(=N3)C2)C5)C4)C1. The zero-order valence-electron chi connectivity index (χ0n) is 19.5. The van der Waals surface area contributed by atoms with Gasteiger partial charge in [-0.1, -0.05) is 72.8 Å². The van der Waals surface area contributed by atoms with E-state index < -0.39 is 0 Å². The topological polar surface area (TPSA) is 49.4 Å². The summed E-state index contributed by atoms with van der Waals surface area (Å²) in [5.74, 6) is 0. The molecule has 0 fully saturated rings. The molecule has 5 heterocycles. The van der Waals surface area contributed by atoms with Crippen LogP contribution in [0.1, 0.15) is 44.5 Å². The fourth-order valence-electron chi connectivity index (χ4n) is 6.44. The highest BCUT2D eigenvalue weighted by Gasteiger charge is 2.31. The van der Waals surface area contributed by atoms with Gasteiger partial charge in [-0.25, -0.2) is 0 Å². The molecular weight excluding hydrogens is 440 g/mol. The van der Waals surface area contributed by atoms with E-state index in [2.05, 4.69) is 72.8 Å². The third-order valence-corrected chi connectivity index (χ3v) is 8.14. The van der Waals surface area contributed by atoms with Gasteiger partial charge in [0.25, 0.3) is 0 Å². The van der Waals surface area contributed by atoms with Gasteiger partial charge in [-0.3, -0.25) is 20.0 Å². The number of rotatable bonds is 0. The molecule has 0 radical (unpaired) electrons. The molecule has 0 N–H and O–H groups in total. The van der Waals surface area contributed by atoms with Gasteiger partial charge in [0.05, 0.1) is 45.6 Å². The van der Waals surface area contributed by atoms with Crippen LogP contribution < -0.4 is 0 Å². The molecule has 0 amide bonds. The van der Waals surface area contributed by atoms with Crippen LogP contribution in [0.25, 0.3) is 0 Å². The van der Waals surface area contributed by atoms with Crippen molar-refractivity contribution in [3.05, 3.63) is 117 Å². The Labute approximate surface area is 208 Å². The summed E-state index contributed by atoms with van der Waals surface area (Å²) in [4.78, 5) is 20.9. The van der Waals surface area contributed by atoms with Crippen molar-refractivity contribution >= 4 is 45.6 Å². The van der Waals surface area contributed by atoms with E-state index in [1.54, 1.807) is 0 Å². The molecule has 9 rings (SSSR count). The number of aliphatic imine (C=N–C) groups is 4. The van der Waals surface area contributed by atoms with Crippen molar-refractivity contribution in [3.8, 4) is 0 Å². The van der Waals surface area contributed by atoms with Gasteiger partial charge in [0.15, 0.2) is 0 Å². The molecular formula is C32H20N4. The molecule has 4 aromatic carbocycles. The van der Waals surface area contributed by atoms with Crippen LogP contribution in [-0.2, 0) is 25.7 Å². The van der Waals surface area contributed by atoms with Crippen molar-refractivity contribution in [2.75, 3.05) is 0 Å². The second-order valence-corrected chi connectivity index (χ2v) is 10.2. The maximum Gasteiger partial charge on any atom is 0.0760 e. The Kier molecular flexibility index (Phi) is 3.46. The van der Waals surface area contributed by atoms with E-state index in [1.807, 2.05) is 0 Å². The van der Waals surface area contributed by atoms with Crippen LogP contribution >= 0.6 is 0 Å². The Bertz CT molecular complexity index is 1560. The molecule has 0 spiro atoms. The lowest BCUT2D eigenvalue weighted by molar-refractivity contribution is 1.34. The number of hydrogen-bond donors (Lipinski definition) is 0. The van der Waals surface area contributed by atoms with E-state index in [1.165, 1.54) is 22.3 Å². The minimum absolute atomic E-state index is 0.823. The van der Waals surface area contributed by atoms with Crippen LogP contribution in [0.15, 0.2) is 92.8 Å². The predicted octanol–water partition coefficient (Wildman–Crippen LogP) is 6.71. The second kappa shape index (κ2) is 6.61. The fraction of sp³-hybridized carbons (Fsp3) is 0.125. The lowest BCUT2D eigenvalue weighted by Crippen LogP contribution is -2.02. The molecule has 8 bridgehead atoms. The number of para-hydroxylation sites is 4. The maximum absolute atomic E-state index is 5.23. The Morgan fingerprint density at radius 1 is 0.333 bits per heavy atom. The van der Waals surface area contributed by atoms with Crippen LogP contribution in [0, 0.1) is 0 Å². The first-order chi connectivity index (χ1) is 17.8. The van der Waals surface area contributed by atoms with Gasteiger partial charge in [-0.15, -0.1) is 0 Å². The van der Waals surface area contributed by atoms with Crippen LogP contribution in [0.5, 0.6) is 0 Å². The van der Waals surface area contributed by atoms with E-state index in [-0.39, 0.29) is 0 Å². The summed E-state index contributed by atoms with van der Waals surface area (Å²) < 4.78 is 0. The molecule has 4 heteroatoms. The zero-order chi connectivity index (χ0) is 23.4. The van der Waals surface area contributed by atoms with Crippen LogP contribution in [0.2, 0.25) is 0 Å². The van der Waals surface area contributed by atoms with Crippen molar-refractivity contribution in [1.82, 2.24) is 0 Å². The van der Waals surface area contributed by atoms with E-state index in [0.29, 0.717) is 0 Å². The molecule has 0 saturated heterocycles. The van der Waals surface area contributed by atoms with Crippen molar-refractivity contribution in [2.45, 2.75) is 25.7 Å². The predicted molar refractivity (Wildman–Crippen MR) is 145 cm³/mol. The Balaban J connectivity index is 1.36. The van der Waals surface area contributed by atoms with Gasteiger partial charge >= 0.3 is 0 Å². The summed E-state index contributed by atoms with van der Waals surface area (Å²) in [5.41, 5.74) is 18.3. The molecule has 5 aliphatic heterocycles. The summed E-state index contributed by atoms with van der Waals surface area (Å²) in [7, 11) is 0. The van der Waals surface area contributed by atoms with Gasteiger partial charge < -0.3 is 0 Å². The van der Waals surface area contributed by atoms with E-state index in [9.17, 15) is 0 Å². The molecule has 36 heavy (non-hydrogen) atoms. The van der Waals surface area contributed by atoms with Gasteiger partial charge in [-0.05, 0) is 22.3 Å². The maximum atomic E-state index is 5.23. The van der Waals surface area contributed by atoms with E-state index >= 15 is 0 Å². The molecule has 5 aliphatic rings. The first kappa shape index (κ1) is 18.8. The summed E-state index contributed by atoms with van der Waals surface area (Å²) in [6.45, 7) is 0. The van der Waals surface area contributed by atoms with Crippen molar-refractivity contribution in [1.29, 1.82) is 0 Å². The number of fused-ring (bicyclic) bond motifs is 4. The van der Waals surface area contributed by atoms with Crippen molar-refractivity contribution < 1.29 is 0 Å². The van der Waals surface area contributed by atoms with Gasteiger partial charge in [0.2, 0.25) is 0 Å². The molecule has 0 aromatic heterocycles. The standard InChI is InChI=1S/C32H20N4/c1-5-17-13-26-22-10-3-7-19-15-28(35-31(19)22)24-12-4-8-20-16-27(36-32(20)24)23-11-2-6-18-14-25(33-30(18)23)21(9-1)29(17)34-26/h1-12H,13-16H2. The summed E-state index contributed by atoms with van der Waals surface area (Å²) >= 11 is 0. The third-order valence-electron chi connectivity index (χ3n) is 8.14. The van der Waals surface area contributed by atoms with Crippen molar-refractivity contribution in [2.24, 2.45) is 20.0 Å².